The van der Waals surface area contributed by atoms with Crippen LogP contribution >= 0.6 is 0 Å². The summed E-state index contributed by atoms with van der Waals surface area (Å²) in [6, 6.07) is 7.22. The molecule has 1 fully saturated rings. The number of amides is 2. The van der Waals surface area contributed by atoms with E-state index in [-0.39, 0.29) is 12.5 Å². The number of aromatic amines is 1. The van der Waals surface area contributed by atoms with Crippen LogP contribution in [0.2, 0.25) is 0 Å². The molecule has 0 radical (unpaired) electrons. The number of aromatic nitrogens is 1. The molecule has 1 saturated heterocycles. The predicted molar refractivity (Wildman–Crippen MR) is 148 cm³/mol. The van der Waals surface area contributed by atoms with Crippen molar-refractivity contribution < 1.29 is 40.7 Å². The van der Waals surface area contributed by atoms with Crippen molar-refractivity contribution in [2.75, 3.05) is 46.4 Å². The van der Waals surface area contributed by atoms with E-state index in [1.165, 1.54) is 19.2 Å². The number of halogens is 6. The Bertz CT molecular complexity index is 1410. The average Bonchev–Trinajstić information content (AvgIpc) is 3.38. The molecule has 1 aliphatic rings. The number of fused-ring (bicyclic) bond motifs is 1. The number of hydrogen-bond donors (Lipinski definition) is 2. The number of hydrogen-bond acceptors (Lipinski definition) is 4. The molecule has 2 aromatic carbocycles. The van der Waals surface area contributed by atoms with Crippen LogP contribution in [0.4, 0.5) is 26.3 Å². The third-order valence-electron chi connectivity index (χ3n) is 7.28. The predicted octanol–water partition coefficient (Wildman–Crippen LogP) is 5.28. The smallest absolute Gasteiger partial charge is 0.379 e. The van der Waals surface area contributed by atoms with Gasteiger partial charge in [0.25, 0.3) is 5.91 Å². The maximum Gasteiger partial charge on any atom is 0.416 e. The van der Waals surface area contributed by atoms with Gasteiger partial charge in [0.1, 0.15) is 0 Å². The number of nitrogens with one attached hydrogen (secondary N) is 2. The zero-order chi connectivity index (χ0) is 31.2. The number of benzene rings is 2. The van der Waals surface area contributed by atoms with Crippen molar-refractivity contribution in [3.8, 4) is 0 Å². The fourth-order valence-electron chi connectivity index (χ4n) is 4.89. The molecule has 1 unspecified atom stereocenters. The third-order valence-corrected chi connectivity index (χ3v) is 7.28. The second-order valence-corrected chi connectivity index (χ2v) is 10.3. The molecule has 43 heavy (non-hydrogen) atoms. The summed E-state index contributed by atoms with van der Waals surface area (Å²) in [6.45, 7) is 4.14. The Hall–Kier alpha value is -3.84. The Morgan fingerprint density at radius 1 is 1.05 bits per heavy atom. The fourth-order valence-corrected chi connectivity index (χ4v) is 4.89. The summed E-state index contributed by atoms with van der Waals surface area (Å²) in [6.07, 6.45) is -5.00. The normalized spacial score (nSPS) is 15.6. The van der Waals surface area contributed by atoms with Gasteiger partial charge < -0.3 is 19.9 Å². The topological polar surface area (TPSA) is 77.7 Å². The van der Waals surface area contributed by atoms with Crippen LogP contribution in [0.3, 0.4) is 0 Å². The molecular weight excluding hydrogens is 578 g/mol. The van der Waals surface area contributed by atoms with E-state index in [4.69, 9.17) is 4.74 Å². The maximum atomic E-state index is 13.4. The zero-order valence-corrected chi connectivity index (χ0v) is 23.4. The van der Waals surface area contributed by atoms with Gasteiger partial charge in [-0.3, -0.25) is 14.5 Å². The van der Waals surface area contributed by atoms with Crippen molar-refractivity contribution in [2.24, 2.45) is 0 Å². The SMILES string of the molecule is CN(C(=O)c1cc(C(F)(F)F)cc(C(F)(F)F)c1)C(C=CC(=O)NCCCN1CCOCC1)Cc1c[nH]c2ccccc12. The second kappa shape index (κ2) is 13.6. The Balaban J connectivity index is 1.54. The molecule has 7 nitrogen and oxygen atoms in total. The number of para-hydroxylation sites is 1. The van der Waals surface area contributed by atoms with Crippen LogP contribution in [-0.4, -0.2) is 79.1 Å². The lowest BCUT2D eigenvalue weighted by Gasteiger charge is -2.27. The highest BCUT2D eigenvalue weighted by Crippen LogP contribution is 2.36. The van der Waals surface area contributed by atoms with E-state index in [2.05, 4.69) is 15.2 Å². The first kappa shape index (κ1) is 32.1. The number of rotatable bonds is 10. The molecule has 232 valence electrons. The average molecular weight is 611 g/mol. The molecule has 2 N–H and O–H groups in total. The highest BCUT2D eigenvalue weighted by molar-refractivity contribution is 5.95. The van der Waals surface area contributed by atoms with E-state index in [0.717, 1.165) is 41.0 Å². The van der Waals surface area contributed by atoms with Crippen LogP contribution in [0.15, 0.2) is 60.8 Å². The van der Waals surface area contributed by atoms with Gasteiger partial charge in [-0.15, -0.1) is 0 Å². The van der Waals surface area contributed by atoms with Gasteiger partial charge >= 0.3 is 12.4 Å². The van der Waals surface area contributed by atoms with Crippen LogP contribution in [0, 0.1) is 0 Å². The number of carbonyl (C=O) groups excluding carboxylic acids is 2. The first-order valence-electron chi connectivity index (χ1n) is 13.7. The van der Waals surface area contributed by atoms with E-state index >= 15 is 0 Å². The Labute approximate surface area is 244 Å². The largest absolute Gasteiger partial charge is 0.416 e. The second-order valence-electron chi connectivity index (χ2n) is 10.3. The van der Waals surface area contributed by atoms with Crippen molar-refractivity contribution in [3.05, 3.63) is 83.1 Å². The molecule has 1 atom stereocenters. The molecule has 0 saturated carbocycles. The number of H-pyrrole nitrogens is 1. The standard InChI is InChI=1S/C30H32F6N4O3/c1-39(28(42)20-15-22(29(31,32)33)18-23(16-20)30(34,35)36)24(17-21-19-38-26-6-3-2-5-25(21)26)7-8-27(41)37-9-4-10-40-11-13-43-14-12-40/h2-3,5-8,15-16,18-19,24,38H,4,9-14,17H2,1H3,(H,37,41). The molecule has 0 bridgehead atoms. The van der Waals surface area contributed by atoms with E-state index in [1.807, 2.05) is 24.3 Å². The minimum Gasteiger partial charge on any atom is -0.379 e. The van der Waals surface area contributed by atoms with Gasteiger partial charge in [-0.2, -0.15) is 26.3 Å². The van der Waals surface area contributed by atoms with Gasteiger partial charge in [0.05, 0.1) is 30.4 Å². The first-order chi connectivity index (χ1) is 20.3. The number of morpholine rings is 1. The number of ether oxygens (including phenoxy) is 1. The van der Waals surface area contributed by atoms with Crippen molar-refractivity contribution in [1.29, 1.82) is 0 Å². The van der Waals surface area contributed by atoms with Gasteiger partial charge in [0, 0.05) is 55.4 Å². The van der Waals surface area contributed by atoms with Gasteiger partial charge in [0.2, 0.25) is 5.91 Å². The van der Waals surface area contributed by atoms with Crippen LogP contribution in [-0.2, 0) is 28.3 Å². The van der Waals surface area contributed by atoms with Crippen LogP contribution in [0.5, 0.6) is 0 Å². The van der Waals surface area contributed by atoms with E-state index < -0.39 is 46.9 Å². The Kier molecular flexibility index (Phi) is 10.2. The van der Waals surface area contributed by atoms with Gasteiger partial charge in [-0.25, -0.2) is 0 Å². The van der Waals surface area contributed by atoms with Crippen LogP contribution in [0.1, 0.15) is 33.5 Å². The number of alkyl halides is 6. The lowest BCUT2D eigenvalue weighted by atomic mass is 10.0. The van der Waals surface area contributed by atoms with Crippen molar-refractivity contribution in [3.63, 3.8) is 0 Å². The molecule has 2 amide bonds. The fraction of sp³-hybridized carbons (Fsp3) is 0.400. The monoisotopic (exact) mass is 610 g/mol. The molecular formula is C30H32F6N4O3. The van der Waals surface area contributed by atoms with E-state index in [0.29, 0.717) is 38.3 Å². The summed E-state index contributed by atoms with van der Waals surface area (Å²) in [5, 5.41) is 3.60. The number of nitrogens with zero attached hydrogens (tertiary/aromatic N) is 2. The van der Waals surface area contributed by atoms with Gasteiger partial charge in [0.15, 0.2) is 0 Å². The van der Waals surface area contributed by atoms with Crippen molar-refractivity contribution in [1.82, 2.24) is 20.1 Å². The number of likely N-dealkylation sites (N-methyl/N-ethyl adjacent to an activating group) is 1. The summed E-state index contributed by atoms with van der Waals surface area (Å²) in [7, 11) is 1.28. The van der Waals surface area contributed by atoms with Gasteiger partial charge in [-0.1, -0.05) is 24.3 Å². The molecule has 3 aromatic rings. The molecule has 4 rings (SSSR count). The Morgan fingerprint density at radius 3 is 2.35 bits per heavy atom. The lowest BCUT2D eigenvalue weighted by Crippen LogP contribution is -2.38. The molecule has 1 aromatic heterocycles. The molecule has 1 aliphatic heterocycles. The minimum atomic E-state index is -5.10. The summed E-state index contributed by atoms with van der Waals surface area (Å²) >= 11 is 0. The van der Waals surface area contributed by atoms with Gasteiger partial charge in [-0.05, 0) is 49.2 Å². The summed E-state index contributed by atoms with van der Waals surface area (Å²) in [4.78, 5) is 32.3. The third kappa shape index (κ3) is 8.60. The first-order valence-corrected chi connectivity index (χ1v) is 13.7. The molecule has 13 heteroatoms. The molecule has 0 aliphatic carbocycles. The summed E-state index contributed by atoms with van der Waals surface area (Å²) in [5.41, 5.74) is -2.39. The van der Waals surface area contributed by atoms with Crippen LogP contribution < -0.4 is 5.32 Å². The highest BCUT2D eigenvalue weighted by atomic mass is 19.4. The lowest BCUT2D eigenvalue weighted by molar-refractivity contribution is -0.143. The maximum absolute atomic E-state index is 13.4. The van der Waals surface area contributed by atoms with Crippen molar-refractivity contribution >= 4 is 22.7 Å². The van der Waals surface area contributed by atoms with Crippen molar-refractivity contribution in [2.45, 2.75) is 31.2 Å². The quantitative estimate of drug-likeness (QED) is 0.186. The number of carbonyl (C=O) groups is 2. The summed E-state index contributed by atoms with van der Waals surface area (Å²) in [5.74, 6) is -1.50. The van der Waals surface area contributed by atoms with E-state index in [9.17, 15) is 35.9 Å². The summed E-state index contributed by atoms with van der Waals surface area (Å²) < 4.78 is 86.0. The van der Waals surface area contributed by atoms with Crippen LogP contribution in [0.25, 0.3) is 10.9 Å². The highest BCUT2D eigenvalue weighted by Gasteiger charge is 2.38. The van der Waals surface area contributed by atoms with E-state index in [1.54, 1.807) is 6.20 Å². The molecule has 2 heterocycles. The zero-order valence-electron chi connectivity index (χ0n) is 23.4. The minimum absolute atomic E-state index is 0.0243. The molecule has 0 spiro atoms. The Morgan fingerprint density at radius 2 is 1.70 bits per heavy atom.